The number of hydrogen-bond donors (Lipinski definition) is 1. The van der Waals surface area contributed by atoms with Crippen molar-refractivity contribution in [1.82, 2.24) is 4.90 Å². The van der Waals surface area contributed by atoms with Crippen LogP contribution in [-0.2, 0) is 16.0 Å². The zero-order valence-corrected chi connectivity index (χ0v) is 14.2. The molecular formula is C18H25NO4. The second-order valence-corrected chi connectivity index (χ2v) is 7.12. The zero-order chi connectivity index (χ0) is 17.2. The van der Waals surface area contributed by atoms with E-state index in [2.05, 4.69) is 6.07 Å². The van der Waals surface area contributed by atoms with Crippen molar-refractivity contribution in [3.05, 3.63) is 35.4 Å². The Kier molecular flexibility index (Phi) is 4.97. The van der Waals surface area contributed by atoms with Crippen LogP contribution in [0.3, 0.4) is 0 Å². The first kappa shape index (κ1) is 17.3. The van der Waals surface area contributed by atoms with Crippen LogP contribution in [-0.4, -0.2) is 40.8 Å². The van der Waals surface area contributed by atoms with Crippen molar-refractivity contribution >= 4 is 12.1 Å². The molecule has 0 aromatic heterocycles. The van der Waals surface area contributed by atoms with Gasteiger partial charge in [-0.05, 0) is 50.7 Å². The van der Waals surface area contributed by atoms with Crippen molar-refractivity contribution in [2.75, 3.05) is 7.05 Å². The van der Waals surface area contributed by atoms with Gasteiger partial charge in [0.15, 0.2) is 0 Å². The number of rotatable bonds is 5. The number of aliphatic carboxylic acids is 1. The quantitative estimate of drug-likeness (QED) is 0.903. The largest absolute Gasteiger partial charge is 0.480 e. The van der Waals surface area contributed by atoms with Crippen molar-refractivity contribution < 1.29 is 19.4 Å². The topological polar surface area (TPSA) is 66.8 Å². The molecule has 0 bridgehead atoms. The molecule has 0 heterocycles. The van der Waals surface area contributed by atoms with E-state index in [1.165, 1.54) is 17.5 Å². The first-order valence-corrected chi connectivity index (χ1v) is 7.95. The number of carbonyl (C=O) groups is 2. The number of likely N-dealkylation sites (N-methyl/N-ethyl adjacent to an activating group) is 1. The number of amides is 1. The van der Waals surface area contributed by atoms with Gasteiger partial charge in [-0.2, -0.15) is 0 Å². The molecular weight excluding hydrogens is 294 g/mol. The molecule has 5 nitrogen and oxygen atoms in total. The fourth-order valence-corrected chi connectivity index (χ4v) is 2.57. The van der Waals surface area contributed by atoms with Gasteiger partial charge in [-0.3, -0.25) is 4.90 Å². The van der Waals surface area contributed by atoms with Crippen molar-refractivity contribution in [2.45, 2.75) is 57.6 Å². The van der Waals surface area contributed by atoms with Gasteiger partial charge < -0.3 is 9.84 Å². The molecule has 0 aliphatic heterocycles. The van der Waals surface area contributed by atoms with E-state index in [0.29, 0.717) is 5.92 Å². The third-order valence-corrected chi connectivity index (χ3v) is 3.92. The highest BCUT2D eigenvalue weighted by molar-refractivity contribution is 5.80. The molecule has 1 aromatic rings. The molecule has 23 heavy (non-hydrogen) atoms. The van der Waals surface area contributed by atoms with Crippen molar-refractivity contribution in [2.24, 2.45) is 0 Å². The smallest absolute Gasteiger partial charge is 0.410 e. The van der Waals surface area contributed by atoms with E-state index < -0.39 is 23.7 Å². The van der Waals surface area contributed by atoms with Crippen LogP contribution >= 0.6 is 0 Å². The number of ether oxygens (including phenoxy) is 1. The second-order valence-electron chi connectivity index (χ2n) is 7.12. The molecule has 0 unspecified atom stereocenters. The van der Waals surface area contributed by atoms with Gasteiger partial charge in [0.25, 0.3) is 0 Å². The molecule has 1 aromatic carbocycles. The summed E-state index contributed by atoms with van der Waals surface area (Å²) in [5.41, 5.74) is 1.55. The molecule has 1 N–H and O–H groups in total. The van der Waals surface area contributed by atoms with Crippen molar-refractivity contribution in [3.8, 4) is 0 Å². The first-order valence-electron chi connectivity index (χ1n) is 7.95. The van der Waals surface area contributed by atoms with E-state index in [9.17, 15) is 14.7 Å². The van der Waals surface area contributed by atoms with Gasteiger partial charge in [0.05, 0.1) is 0 Å². The number of nitrogens with zero attached hydrogens (tertiary/aromatic N) is 1. The van der Waals surface area contributed by atoms with Gasteiger partial charge >= 0.3 is 12.1 Å². The van der Waals surface area contributed by atoms with Gasteiger partial charge in [-0.25, -0.2) is 9.59 Å². The lowest BCUT2D eigenvalue weighted by atomic mass is 9.97. The molecule has 1 saturated carbocycles. The minimum atomic E-state index is -1.02. The van der Waals surface area contributed by atoms with E-state index in [4.69, 9.17) is 4.74 Å². The summed E-state index contributed by atoms with van der Waals surface area (Å²) < 4.78 is 5.28. The molecule has 2 rings (SSSR count). The molecule has 0 spiro atoms. The zero-order valence-electron chi connectivity index (χ0n) is 14.2. The monoisotopic (exact) mass is 319 g/mol. The van der Waals surface area contributed by atoms with Crippen LogP contribution in [0.5, 0.6) is 0 Å². The molecule has 1 aliphatic rings. The van der Waals surface area contributed by atoms with Crippen molar-refractivity contribution in [1.29, 1.82) is 0 Å². The normalized spacial score (nSPS) is 15.8. The minimum absolute atomic E-state index is 0.289. The van der Waals surface area contributed by atoms with Gasteiger partial charge in [0.1, 0.15) is 11.6 Å². The van der Waals surface area contributed by atoms with Crippen LogP contribution in [0.25, 0.3) is 0 Å². The SMILES string of the molecule is CN(C(=O)OC(C)(C)C)[C@@H](Cc1ccccc1C1CC1)C(=O)O. The number of benzene rings is 1. The third kappa shape index (κ3) is 4.71. The Morgan fingerprint density at radius 2 is 1.91 bits per heavy atom. The summed E-state index contributed by atoms with van der Waals surface area (Å²) in [4.78, 5) is 25.0. The highest BCUT2D eigenvalue weighted by atomic mass is 16.6. The van der Waals surface area contributed by atoms with E-state index >= 15 is 0 Å². The predicted molar refractivity (Wildman–Crippen MR) is 87.5 cm³/mol. The van der Waals surface area contributed by atoms with Crippen LogP contribution in [0.15, 0.2) is 24.3 Å². The van der Waals surface area contributed by atoms with E-state index in [0.717, 1.165) is 18.4 Å². The number of carboxylic acid groups (broad SMARTS) is 1. The highest BCUT2D eigenvalue weighted by Gasteiger charge is 2.32. The number of hydrogen-bond acceptors (Lipinski definition) is 3. The van der Waals surface area contributed by atoms with Crippen molar-refractivity contribution in [3.63, 3.8) is 0 Å². The maximum atomic E-state index is 12.2. The molecule has 1 aliphatic carbocycles. The Balaban J connectivity index is 2.16. The van der Waals surface area contributed by atoms with Crippen LogP contribution < -0.4 is 0 Å². The van der Waals surface area contributed by atoms with E-state index in [-0.39, 0.29) is 6.42 Å². The Morgan fingerprint density at radius 3 is 2.43 bits per heavy atom. The highest BCUT2D eigenvalue weighted by Crippen LogP contribution is 2.41. The summed E-state index contributed by atoms with van der Waals surface area (Å²) in [5.74, 6) is -0.489. The van der Waals surface area contributed by atoms with Crippen LogP contribution in [0, 0.1) is 0 Å². The Morgan fingerprint density at radius 1 is 1.30 bits per heavy atom. The third-order valence-electron chi connectivity index (χ3n) is 3.92. The van der Waals surface area contributed by atoms with Crippen LogP contribution in [0.1, 0.15) is 50.7 Å². The predicted octanol–water partition coefficient (Wildman–Crippen LogP) is 3.43. The fourth-order valence-electron chi connectivity index (χ4n) is 2.57. The van der Waals surface area contributed by atoms with E-state index in [1.54, 1.807) is 20.8 Å². The molecule has 126 valence electrons. The standard InChI is InChI=1S/C18H25NO4/c1-18(2,3)23-17(22)19(4)15(16(20)21)11-13-7-5-6-8-14(13)12-9-10-12/h5-8,12,15H,9-11H2,1-4H3,(H,20,21)/t15-/m0/s1. The van der Waals surface area contributed by atoms with Gasteiger partial charge in [0.2, 0.25) is 0 Å². The summed E-state index contributed by atoms with van der Waals surface area (Å²) in [7, 11) is 1.48. The van der Waals surface area contributed by atoms with Gasteiger partial charge in [-0.1, -0.05) is 24.3 Å². The van der Waals surface area contributed by atoms with Crippen LogP contribution in [0.2, 0.25) is 0 Å². The lowest BCUT2D eigenvalue weighted by Crippen LogP contribution is -2.46. The summed E-state index contributed by atoms with van der Waals surface area (Å²) in [6.45, 7) is 5.28. The molecule has 1 amide bonds. The molecule has 1 fully saturated rings. The van der Waals surface area contributed by atoms with Gasteiger partial charge in [-0.15, -0.1) is 0 Å². The molecule has 5 heteroatoms. The Labute approximate surface area is 137 Å². The molecule has 1 atom stereocenters. The minimum Gasteiger partial charge on any atom is -0.480 e. The molecule has 0 saturated heterocycles. The Hall–Kier alpha value is -2.04. The maximum Gasteiger partial charge on any atom is 0.410 e. The number of carboxylic acids is 1. The summed E-state index contributed by atoms with van der Waals surface area (Å²) >= 11 is 0. The lowest BCUT2D eigenvalue weighted by Gasteiger charge is -2.29. The Bertz CT molecular complexity index is 587. The first-order chi connectivity index (χ1) is 10.7. The van der Waals surface area contributed by atoms with E-state index in [1.807, 2.05) is 18.2 Å². The lowest BCUT2D eigenvalue weighted by molar-refractivity contribution is -0.142. The fraction of sp³-hybridized carbons (Fsp3) is 0.556. The summed E-state index contributed by atoms with van der Waals surface area (Å²) in [6.07, 6.45) is 1.97. The maximum absolute atomic E-state index is 12.2. The second kappa shape index (κ2) is 6.60. The average Bonchev–Trinajstić information content (AvgIpc) is 3.26. The summed E-state index contributed by atoms with van der Waals surface area (Å²) in [5, 5.41) is 9.55. The van der Waals surface area contributed by atoms with Gasteiger partial charge in [0, 0.05) is 13.5 Å². The number of carbonyl (C=O) groups excluding carboxylic acids is 1. The molecule has 0 radical (unpaired) electrons. The van der Waals surface area contributed by atoms with Crippen LogP contribution in [0.4, 0.5) is 4.79 Å². The summed E-state index contributed by atoms with van der Waals surface area (Å²) in [6, 6.07) is 6.95. The average molecular weight is 319 g/mol.